The first-order chi connectivity index (χ1) is 7.75. The third-order valence-electron chi connectivity index (χ3n) is 2.44. The molecule has 0 radical (unpaired) electrons. The minimum absolute atomic E-state index is 0.203. The molecule has 2 aromatic heterocycles. The summed E-state index contributed by atoms with van der Waals surface area (Å²) in [6.45, 7) is 2.83. The van der Waals surface area contributed by atoms with Gasteiger partial charge in [0.1, 0.15) is 5.75 Å². The quantitative estimate of drug-likeness (QED) is 0.855. The van der Waals surface area contributed by atoms with E-state index in [1.165, 1.54) is 11.8 Å². The van der Waals surface area contributed by atoms with Crippen molar-refractivity contribution >= 4 is 11.3 Å². The molecule has 0 spiro atoms. The van der Waals surface area contributed by atoms with Crippen molar-refractivity contribution in [2.45, 2.75) is 19.5 Å². The summed E-state index contributed by atoms with van der Waals surface area (Å²) in [4.78, 5) is 4.12. The number of rotatable bonds is 4. The van der Waals surface area contributed by atoms with Gasteiger partial charge < -0.3 is 10.4 Å². The number of thiophene rings is 1. The molecule has 1 atom stereocenters. The van der Waals surface area contributed by atoms with Crippen molar-refractivity contribution in [1.29, 1.82) is 0 Å². The molecule has 0 fully saturated rings. The Balaban J connectivity index is 1.90. The Morgan fingerprint density at radius 1 is 1.44 bits per heavy atom. The molecule has 0 aliphatic heterocycles. The monoisotopic (exact) mass is 234 g/mol. The van der Waals surface area contributed by atoms with Crippen LogP contribution in [0.4, 0.5) is 0 Å². The van der Waals surface area contributed by atoms with E-state index in [0.29, 0.717) is 12.6 Å². The zero-order valence-corrected chi connectivity index (χ0v) is 9.87. The standard InChI is InChI=1S/C12H14N2OS/c1-9(10-4-5-16-8-10)13-6-11-2-3-12(15)7-14-11/h2-5,7-9,13,15H,6H2,1H3. The maximum absolute atomic E-state index is 9.10. The lowest BCUT2D eigenvalue weighted by molar-refractivity contribution is 0.471. The summed E-state index contributed by atoms with van der Waals surface area (Å²) < 4.78 is 0. The Morgan fingerprint density at radius 2 is 2.31 bits per heavy atom. The number of nitrogens with one attached hydrogen (secondary N) is 1. The number of aromatic nitrogens is 1. The molecule has 2 N–H and O–H groups in total. The third-order valence-corrected chi connectivity index (χ3v) is 3.14. The van der Waals surface area contributed by atoms with Crippen molar-refractivity contribution in [3.05, 3.63) is 46.4 Å². The van der Waals surface area contributed by atoms with Gasteiger partial charge in [-0.15, -0.1) is 0 Å². The van der Waals surface area contributed by atoms with Crippen LogP contribution in [-0.4, -0.2) is 10.1 Å². The molecular weight excluding hydrogens is 220 g/mol. The zero-order chi connectivity index (χ0) is 11.4. The van der Waals surface area contributed by atoms with Crippen LogP contribution in [0.25, 0.3) is 0 Å². The SMILES string of the molecule is CC(NCc1ccc(O)cn1)c1ccsc1. The number of aromatic hydroxyl groups is 1. The average molecular weight is 234 g/mol. The fourth-order valence-electron chi connectivity index (χ4n) is 1.42. The molecule has 2 aromatic rings. The molecule has 16 heavy (non-hydrogen) atoms. The van der Waals surface area contributed by atoms with Crippen molar-refractivity contribution < 1.29 is 5.11 Å². The molecular formula is C12H14N2OS. The van der Waals surface area contributed by atoms with Gasteiger partial charge in [0, 0.05) is 12.6 Å². The Bertz CT molecular complexity index is 425. The van der Waals surface area contributed by atoms with Crippen LogP contribution >= 0.6 is 11.3 Å². The fraction of sp³-hybridized carbons (Fsp3) is 0.250. The van der Waals surface area contributed by atoms with E-state index in [9.17, 15) is 0 Å². The van der Waals surface area contributed by atoms with E-state index in [1.807, 2.05) is 6.07 Å². The summed E-state index contributed by atoms with van der Waals surface area (Å²) in [7, 11) is 0. The van der Waals surface area contributed by atoms with Crippen LogP contribution in [0.3, 0.4) is 0 Å². The zero-order valence-electron chi connectivity index (χ0n) is 9.05. The number of hydrogen-bond acceptors (Lipinski definition) is 4. The predicted molar refractivity (Wildman–Crippen MR) is 65.5 cm³/mol. The van der Waals surface area contributed by atoms with Gasteiger partial charge in [0.2, 0.25) is 0 Å². The lowest BCUT2D eigenvalue weighted by Crippen LogP contribution is -2.18. The first kappa shape index (κ1) is 11.1. The van der Waals surface area contributed by atoms with Gasteiger partial charge in [-0.1, -0.05) is 0 Å². The summed E-state index contributed by atoms with van der Waals surface area (Å²) in [5.74, 6) is 0.203. The van der Waals surface area contributed by atoms with Crippen LogP contribution in [-0.2, 0) is 6.54 Å². The number of hydrogen-bond donors (Lipinski definition) is 2. The molecule has 2 rings (SSSR count). The van der Waals surface area contributed by atoms with Crippen LogP contribution in [0.1, 0.15) is 24.2 Å². The van der Waals surface area contributed by atoms with Crippen molar-refractivity contribution in [2.24, 2.45) is 0 Å². The molecule has 0 aliphatic carbocycles. The van der Waals surface area contributed by atoms with E-state index in [2.05, 4.69) is 34.1 Å². The average Bonchev–Trinajstić information content (AvgIpc) is 2.81. The topological polar surface area (TPSA) is 45.1 Å². The lowest BCUT2D eigenvalue weighted by atomic mass is 10.2. The molecule has 3 nitrogen and oxygen atoms in total. The van der Waals surface area contributed by atoms with Crippen LogP contribution < -0.4 is 5.32 Å². The lowest BCUT2D eigenvalue weighted by Gasteiger charge is -2.11. The van der Waals surface area contributed by atoms with E-state index in [4.69, 9.17) is 5.11 Å². The molecule has 0 bridgehead atoms. The molecule has 0 saturated heterocycles. The summed E-state index contributed by atoms with van der Waals surface area (Å²) in [5.41, 5.74) is 2.23. The number of pyridine rings is 1. The highest BCUT2D eigenvalue weighted by atomic mass is 32.1. The van der Waals surface area contributed by atoms with Crippen LogP contribution in [0, 0.1) is 0 Å². The molecule has 84 valence electrons. The van der Waals surface area contributed by atoms with Crippen molar-refractivity contribution in [1.82, 2.24) is 10.3 Å². The van der Waals surface area contributed by atoms with Crippen LogP contribution in [0.5, 0.6) is 5.75 Å². The normalized spacial score (nSPS) is 12.6. The molecule has 4 heteroatoms. The van der Waals surface area contributed by atoms with E-state index >= 15 is 0 Å². The van der Waals surface area contributed by atoms with Gasteiger partial charge in [0.05, 0.1) is 11.9 Å². The summed E-state index contributed by atoms with van der Waals surface area (Å²) in [6.07, 6.45) is 1.46. The van der Waals surface area contributed by atoms with Gasteiger partial charge in [-0.2, -0.15) is 11.3 Å². The Morgan fingerprint density at radius 3 is 2.94 bits per heavy atom. The van der Waals surface area contributed by atoms with E-state index in [-0.39, 0.29) is 5.75 Å². The molecule has 0 aliphatic rings. The van der Waals surface area contributed by atoms with E-state index in [0.717, 1.165) is 5.69 Å². The maximum Gasteiger partial charge on any atom is 0.133 e. The first-order valence-electron chi connectivity index (χ1n) is 5.15. The van der Waals surface area contributed by atoms with Crippen LogP contribution in [0.2, 0.25) is 0 Å². The van der Waals surface area contributed by atoms with Gasteiger partial charge in [0.25, 0.3) is 0 Å². The second-order valence-corrected chi connectivity index (χ2v) is 4.45. The maximum atomic E-state index is 9.10. The Hall–Kier alpha value is -1.39. The predicted octanol–water partition coefficient (Wildman–Crippen LogP) is 2.70. The Kier molecular flexibility index (Phi) is 3.54. The van der Waals surface area contributed by atoms with Crippen molar-refractivity contribution in [3.8, 4) is 5.75 Å². The smallest absolute Gasteiger partial charge is 0.133 e. The molecule has 0 amide bonds. The summed E-state index contributed by atoms with van der Waals surface area (Å²) in [5, 5.41) is 16.7. The summed E-state index contributed by atoms with van der Waals surface area (Å²) >= 11 is 1.70. The Labute approximate surface area is 98.8 Å². The minimum atomic E-state index is 0.203. The highest BCUT2D eigenvalue weighted by molar-refractivity contribution is 7.07. The minimum Gasteiger partial charge on any atom is -0.506 e. The largest absolute Gasteiger partial charge is 0.506 e. The van der Waals surface area contributed by atoms with Gasteiger partial charge in [-0.25, -0.2) is 0 Å². The second kappa shape index (κ2) is 5.09. The fourth-order valence-corrected chi connectivity index (χ4v) is 2.17. The van der Waals surface area contributed by atoms with Crippen molar-refractivity contribution in [3.63, 3.8) is 0 Å². The first-order valence-corrected chi connectivity index (χ1v) is 6.09. The van der Waals surface area contributed by atoms with Crippen molar-refractivity contribution in [2.75, 3.05) is 0 Å². The van der Waals surface area contributed by atoms with Gasteiger partial charge >= 0.3 is 0 Å². The molecule has 0 aromatic carbocycles. The molecule has 0 saturated carbocycles. The van der Waals surface area contributed by atoms with Gasteiger partial charge in [-0.3, -0.25) is 4.98 Å². The third kappa shape index (κ3) is 2.81. The van der Waals surface area contributed by atoms with E-state index < -0.39 is 0 Å². The number of nitrogens with zero attached hydrogens (tertiary/aromatic N) is 1. The molecule has 2 heterocycles. The van der Waals surface area contributed by atoms with E-state index in [1.54, 1.807) is 17.4 Å². The highest BCUT2D eigenvalue weighted by Crippen LogP contribution is 2.16. The van der Waals surface area contributed by atoms with Gasteiger partial charge in [-0.05, 0) is 41.4 Å². The second-order valence-electron chi connectivity index (χ2n) is 3.67. The summed E-state index contributed by atoms with van der Waals surface area (Å²) in [6, 6.07) is 5.91. The highest BCUT2D eigenvalue weighted by Gasteiger charge is 2.05. The van der Waals surface area contributed by atoms with Crippen LogP contribution in [0.15, 0.2) is 35.2 Å². The van der Waals surface area contributed by atoms with Gasteiger partial charge in [0.15, 0.2) is 0 Å². The molecule has 1 unspecified atom stereocenters.